The Hall–Kier alpha value is -3.06. The van der Waals surface area contributed by atoms with E-state index in [1.54, 1.807) is 6.92 Å². The number of esters is 1. The number of nitrogens with one attached hydrogen (secondary N) is 1. The quantitative estimate of drug-likeness (QED) is 0.575. The van der Waals surface area contributed by atoms with Crippen molar-refractivity contribution < 1.29 is 14.3 Å². The number of hydrogen-bond donors (Lipinski definition) is 1. The maximum Gasteiger partial charge on any atom is 0.341 e. The molecule has 0 unspecified atom stereocenters. The monoisotopic (exact) mass is 409 g/mol. The number of thiophene rings is 1. The first-order chi connectivity index (χ1) is 13.9. The molecule has 29 heavy (non-hydrogen) atoms. The number of carbonyl (C=O) groups is 2. The van der Waals surface area contributed by atoms with E-state index in [9.17, 15) is 9.59 Å². The van der Waals surface area contributed by atoms with Gasteiger partial charge in [0.05, 0.1) is 12.8 Å². The largest absolute Gasteiger partial charge is 0.462 e. The second-order valence-electron chi connectivity index (χ2n) is 6.78. The standard InChI is InChI=1S/C22H23N3O3S/c1-5-28-22(27)19-18(16-8-6-15(7-9-16)13(2)3)14(4)29-21(19)25-20(26)17-12-23-10-11-24-17/h6-13H,5H2,1-4H3,(H,25,26). The van der Waals surface area contributed by atoms with Gasteiger partial charge in [-0.15, -0.1) is 11.3 Å². The molecule has 3 rings (SSSR count). The van der Waals surface area contributed by atoms with E-state index in [1.165, 1.54) is 35.5 Å². The highest BCUT2D eigenvalue weighted by atomic mass is 32.1. The predicted molar refractivity (Wildman–Crippen MR) is 115 cm³/mol. The molecule has 0 saturated carbocycles. The predicted octanol–water partition coefficient (Wildman–Crippen LogP) is 5.07. The number of aromatic nitrogens is 2. The SMILES string of the molecule is CCOC(=O)c1c(NC(=O)c2cnccn2)sc(C)c1-c1ccc(C(C)C)cc1. The lowest BCUT2D eigenvalue weighted by atomic mass is 9.97. The molecule has 6 nitrogen and oxygen atoms in total. The van der Waals surface area contributed by atoms with Crippen molar-refractivity contribution in [1.82, 2.24) is 9.97 Å². The third kappa shape index (κ3) is 4.51. The van der Waals surface area contributed by atoms with Crippen LogP contribution in [0.4, 0.5) is 5.00 Å². The molecule has 0 atom stereocenters. The van der Waals surface area contributed by atoms with Gasteiger partial charge in [-0.3, -0.25) is 9.78 Å². The zero-order valence-corrected chi connectivity index (χ0v) is 17.7. The lowest BCUT2D eigenvalue weighted by Crippen LogP contribution is -2.16. The highest BCUT2D eigenvalue weighted by Gasteiger charge is 2.26. The minimum absolute atomic E-state index is 0.177. The van der Waals surface area contributed by atoms with Crippen molar-refractivity contribution in [3.63, 3.8) is 0 Å². The fourth-order valence-electron chi connectivity index (χ4n) is 3.00. The van der Waals surface area contributed by atoms with Crippen LogP contribution in [-0.4, -0.2) is 28.5 Å². The van der Waals surface area contributed by atoms with Crippen LogP contribution in [-0.2, 0) is 4.74 Å². The number of carbonyl (C=O) groups excluding carboxylic acids is 2. The van der Waals surface area contributed by atoms with Gasteiger partial charge in [-0.05, 0) is 30.9 Å². The van der Waals surface area contributed by atoms with E-state index in [-0.39, 0.29) is 12.3 Å². The van der Waals surface area contributed by atoms with Crippen LogP contribution < -0.4 is 5.32 Å². The summed E-state index contributed by atoms with van der Waals surface area (Å²) in [6.45, 7) is 8.20. The van der Waals surface area contributed by atoms with Gasteiger partial charge in [0.25, 0.3) is 5.91 Å². The lowest BCUT2D eigenvalue weighted by molar-refractivity contribution is 0.0529. The third-order valence-corrected chi connectivity index (χ3v) is 5.47. The molecule has 0 spiro atoms. The van der Waals surface area contributed by atoms with E-state index >= 15 is 0 Å². The Balaban J connectivity index is 2.04. The minimum atomic E-state index is -0.464. The van der Waals surface area contributed by atoms with Gasteiger partial charge in [0.1, 0.15) is 16.3 Å². The summed E-state index contributed by atoms with van der Waals surface area (Å²) in [7, 11) is 0. The van der Waals surface area contributed by atoms with Gasteiger partial charge < -0.3 is 10.1 Å². The Bertz CT molecular complexity index is 1010. The molecule has 7 heteroatoms. The number of nitrogens with zero attached hydrogens (tertiary/aromatic N) is 2. The van der Waals surface area contributed by atoms with Crippen molar-refractivity contribution in [2.45, 2.75) is 33.6 Å². The molecule has 1 amide bonds. The van der Waals surface area contributed by atoms with Crippen LogP contribution in [0, 0.1) is 6.92 Å². The molecule has 1 N–H and O–H groups in total. The summed E-state index contributed by atoms with van der Waals surface area (Å²) in [5, 5.41) is 3.25. The summed E-state index contributed by atoms with van der Waals surface area (Å²) >= 11 is 1.34. The zero-order chi connectivity index (χ0) is 21.0. The normalized spacial score (nSPS) is 10.8. The molecule has 0 radical (unpaired) electrons. The zero-order valence-electron chi connectivity index (χ0n) is 16.9. The maximum atomic E-state index is 12.8. The highest BCUT2D eigenvalue weighted by molar-refractivity contribution is 7.17. The molecule has 0 bridgehead atoms. The van der Waals surface area contributed by atoms with E-state index in [1.807, 2.05) is 19.1 Å². The average molecular weight is 410 g/mol. The summed E-state index contributed by atoms with van der Waals surface area (Å²) < 4.78 is 5.28. The molecule has 2 aromatic heterocycles. The molecule has 0 aliphatic rings. The molecule has 0 aliphatic carbocycles. The summed E-state index contributed by atoms with van der Waals surface area (Å²) in [6.07, 6.45) is 4.32. The van der Waals surface area contributed by atoms with E-state index in [0.29, 0.717) is 16.5 Å². The van der Waals surface area contributed by atoms with Gasteiger partial charge in [-0.25, -0.2) is 9.78 Å². The van der Waals surface area contributed by atoms with Gasteiger partial charge in [0.15, 0.2) is 0 Å². The van der Waals surface area contributed by atoms with E-state index < -0.39 is 11.9 Å². The Labute approximate surface area is 174 Å². The molecule has 150 valence electrons. The summed E-state index contributed by atoms with van der Waals surface area (Å²) in [5.41, 5.74) is 3.44. The number of anilines is 1. The van der Waals surface area contributed by atoms with E-state index in [0.717, 1.165) is 16.0 Å². The topological polar surface area (TPSA) is 81.2 Å². The van der Waals surface area contributed by atoms with Crippen LogP contribution in [0.25, 0.3) is 11.1 Å². The number of ether oxygens (including phenoxy) is 1. The average Bonchev–Trinajstić information content (AvgIpc) is 3.04. The Morgan fingerprint density at radius 3 is 2.48 bits per heavy atom. The second-order valence-corrected chi connectivity index (χ2v) is 8.00. The van der Waals surface area contributed by atoms with Crippen LogP contribution >= 0.6 is 11.3 Å². The van der Waals surface area contributed by atoms with Gasteiger partial charge in [0, 0.05) is 22.8 Å². The van der Waals surface area contributed by atoms with Gasteiger partial charge in [-0.2, -0.15) is 0 Å². The van der Waals surface area contributed by atoms with Gasteiger partial charge >= 0.3 is 5.97 Å². The Morgan fingerprint density at radius 1 is 1.17 bits per heavy atom. The van der Waals surface area contributed by atoms with Crippen molar-refractivity contribution in [3.8, 4) is 11.1 Å². The molecule has 0 saturated heterocycles. The Morgan fingerprint density at radius 2 is 1.90 bits per heavy atom. The molecular weight excluding hydrogens is 386 g/mol. The number of amides is 1. The molecule has 0 fully saturated rings. The third-order valence-electron chi connectivity index (χ3n) is 4.45. The summed E-state index contributed by atoms with van der Waals surface area (Å²) in [6, 6.07) is 8.12. The Kier molecular flexibility index (Phi) is 6.39. The molecular formula is C22H23N3O3S. The van der Waals surface area contributed by atoms with Crippen molar-refractivity contribution in [2.75, 3.05) is 11.9 Å². The smallest absolute Gasteiger partial charge is 0.341 e. The molecule has 2 heterocycles. The molecule has 1 aromatic carbocycles. The van der Waals surface area contributed by atoms with E-state index in [4.69, 9.17) is 4.74 Å². The summed E-state index contributed by atoms with van der Waals surface area (Å²) in [5.74, 6) is -0.472. The number of benzene rings is 1. The number of rotatable bonds is 6. The van der Waals surface area contributed by atoms with Crippen molar-refractivity contribution in [3.05, 3.63) is 64.6 Å². The van der Waals surface area contributed by atoms with Crippen molar-refractivity contribution in [2.24, 2.45) is 0 Å². The lowest BCUT2D eigenvalue weighted by Gasteiger charge is -2.10. The van der Waals surface area contributed by atoms with Crippen LogP contribution in [0.1, 0.15) is 58.0 Å². The maximum absolute atomic E-state index is 12.8. The fraction of sp³-hybridized carbons (Fsp3) is 0.273. The van der Waals surface area contributed by atoms with Gasteiger partial charge in [0.2, 0.25) is 0 Å². The molecule has 3 aromatic rings. The van der Waals surface area contributed by atoms with Crippen LogP contribution in [0.3, 0.4) is 0 Å². The minimum Gasteiger partial charge on any atom is -0.462 e. The first-order valence-electron chi connectivity index (χ1n) is 9.40. The fourth-order valence-corrected chi connectivity index (χ4v) is 4.06. The number of aryl methyl sites for hydroxylation is 1. The van der Waals surface area contributed by atoms with Crippen LogP contribution in [0.5, 0.6) is 0 Å². The highest BCUT2D eigenvalue weighted by Crippen LogP contribution is 2.40. The van der Waals surface area contributed by atoms with Crippen LogP contribution in [0.15, 0.2) is 42.9 Å². The second kappa shape index (κ2) is 8.96. The van der Waals surface area contributed by atoms with Crippen LogP contribution in [0.2, 0.25) is 0 Å². The summed E-state index contributed by atoms with van der Waals surface area (Å²) in [4.78, 5) is 34.2. The van der Waals surface area contributed by atoms with Crippen molar-refractivity contribution in [1.29, 1.82) is 0 Å². The van der Waals surface area contributed by atoms with E-state index in [2.05, 4.69) is 41.3 Å². The van der Waals surface area contributed by atoms with Crippen molar-refractivity contribution >= 4 is 28.2 Å². The molecule has 0 aliphatic heterocycles. The van der Waals surface area contributed by atoms with Gasteiger partial charge in [-0.1, -0.05) is 38.1 Å². The number of hydrogen-bond acceptors (Lipinski definition) is 6. The first kappa shape index (κ1) is 20.7. The first-order valence-corrected chi connectivity index (χ1v) is 10.2.